The van der Waals surface area contributed by atoms with Crippen molar-refractivity contribution in [3.63, 3.8) is 0 Å². The molecule has 0 fully saturated rings. The quantitative estimate of drug-likeness (QED) is 0.140. The van der Waals surface area contributed by atoms with E-state index in [1.165, 1.54) is 0 Å². The van der Waals surface area contributed by atoms with Crippen molar-refractivity contribution in [2.75, 3.05) is 65.3 Å². The van der Waals surface area contributed by atoms with Crippen LogP contribution in [0.5, 0.6) is 0 Å². The summed E-state index contributed by atoms with van der Waals surface area (Å²) >= 11 is 5.46. The fourth-order valence-electron chi connectivity index (χ4n) is 1.78. The van der Waals surface area contributed by atoms with Gasteiger partial charge in [0, 0.05) is 11.4 Å². The van der Waals surface area contributed by atoms with Crippen LogP contribution in [-0.4, -0.2) is 77.1 Å². The Morgan fingerprint density at radius 1 is 0.692 bits per heavy atom. The minimum absolute atomic E-state index is 0.0167. The third-order valence-corrected chi connectivity index (χ3v) is 3.17. The molecule has 0 bridgehead atoms. The summed E-state index contributed by atoms with van der Waals surface area (Å²) < 4.78 is 25.9. The third-order valence-electron chi connectivity index (χ3n) is 3.02. The Hall–Kier alpha value is -1.51. The monoisotopic (exact) mass is 388 g/mol. The van der Waals surface area contributed by atoms with Gasteiger partial charge in [-0.3, -0.25) is 4.79 Å². The molecule has 0 aliphatic rings. The van der Waals surface area contributed by atoms with Gasteiger partial charge >= 0.3 is 5.97 Å². The van der Waals surface area contributed by atoms with E-state index in [-0.39, 0.29) is 13.2 Å². The number of carbonyl (C=O) groups is 2. The molecule has 26 heavy (non-hydrogen) atoms. The van der Waals surface area contributed by atoms with Crippen molar-refractivity contribution < 1.29 is 33.3 Å². The molecule has 0 aliphatic heterocycles. The molecule has 0 aromatic heterocycles. The predicted octanol–water partition coefficient (Wildman–Crippen LogP) is 1.72. The van der Waals surface area contributed by atoms with Gasteiger partial charge in [-0.15, -0.1) is 11.6 Å². The molecule has 0 saturated carbocycles. The van der Waals surface area contributed by atoms with Gasteiger partial charge < -0.3 is 23.7 Å². The Morgan fingerprint density at radius 3 is 1.65 bits per heavy atom. The molecule has 1 rings (SSSR count). The highest BCUT2D eigenvalue weighted by Crippen LogP contribution is 2.01. The first-order chi connectivity index (χ1) is 12.8. The highest BCUT2D eigenvalue weighted by Gasteiger charge is 2.16. The number of esters is 1. The summed E-state index contributed by atoms with van der Waals surface area (Å²) in [5.41, 5.74) is 0.305. The minimum atomic E-state index is -0.886. The molecular weight excluding hydrogens is 364 g/mol. The first-order valence-corrected chi connectivity index (χ1v) is 8.92. The molecule has 146 valence electrons. The molecule has 1 aromatic rings. The molecule has 7 nitrogen and oxygen atoms in total. The van der Waals surface area contributed by atoms with Crippen LogP contribution in [0.3, 0.4) is 0 Å². The first kappa shape index (κ1) is 22.5. The lowest BCUT2D eigenvalue weighted by molar-refractivity contribution is -0.139. The van der Waals surface area contributed by atoms with Crippen molar-refractivity contribution in [3.8, 4) is 0 Å². The molecule has 0 aliphatic carbocycles. The maximum atomic E-state index is 11.7. The highest BCUT2D eigenvalue weighted by molar-refractivity contribution is 6.40. The number of halogens is 1. The summed E-state index contributed by atoms with van der Waals surface area (Å²) in [4.78, 5) is 23.3. The van der Waals surface area contributed by atoms with Crippen LogP contribution in [0.2, 0.25) is 0 Å². The molecule has 0 N–H and O–H groups in total. The van der Waals surface area contributed by atoms with E-state index in [0.29, 0.717) is 57.7 Å². The number of ether oxygens (including phenoxy) is 5. The zero-order valence-corrected chi connectivity index (χ0v) is 15.4. The van der Waals surface area contributed by atoms with Gasteiger partial charge in [0.25, 0.3) is 5.78 Å². The molecule has 0 unspecified atom stereocenters. The van der Waals surface area contributed by atoms with Crippen molar-refractivity contribution in [1.29, 1.82) is 0 Å². The second kappa shape index (κ2) is 15.7. The molecule has 1 aromatic carbocycles. The zero-order valence-electron chi connectivity index (χ0n) is 14.7. The van der Waals surface area contributed by atoms with E-state index in [9.17, 15) is 9.59 Å². The molecule has 0 spiro atoms. The van der Waals surface area contributed by atoms with E-state index >= 15 is 0 Å². The van der Waals surface area contributed by atoms with Crippen LogP contribution in [0.1, 0.15) is 10.4 Å². The summed E-state index contributed by atoms with van der Waals surface area (Å²) in [6.45, 7) is 3.46. The number of hydrogen-bond donors (Lipinski definition) is 0. The molecule has 0 atom stereocenters. The fraction of sp³-hybridized carbons (Fsp3) is 0.556. The van der Waals surface area contributed by atoms with Crippen LogP contribution in [0.15, 0.2) is 30.3 Å². The highest BCUT2D eigenvalue weighted by atomic mass is 35.5. The van der Waals surface area contributed by atoms with Gasteiger partial charge in [-0.25, -0.2) is 4.79 Å². The number of hydrogen-bond acceptors (Lipinski definition) is 7. The summed E-state index contributed by atoms with van der Waals surface area (Å²) in [6.07, 6.45) is 0. The smallest absolute Gasteiger partial charge is 0.379 e. The summed E-state index contributed by atoms with van der Waals surface area (Å²) in [7, 11) is 0. The number of carbonyl (C=O) groups excluding carboxylic acids is 2. The van der Waals surface area contributed by atoms with Gasteiger partial charge in [-0.05, 0) is 0 Å². The predicted molar refractivity (Wildman–Crippen MR) is 95.7 cm³/mol. The van der Waals surface area contributed by atoms with E-state index in [0.717, 1.165) is 0 Å². The van der Waals surface area contributed by atoms with E-state index < -0.39 is 11.8 Å². The van der Waals surface area contributed by atoms with Crippen molar-refractivity contribution >= 4 is 23.4 Å². The number of benzene rings is 1. The van der Waals surface area contributed by atoms with Crippen LogP contribution in [-0.2, 0) is 28.5 Å². The Labute approximate surface area is 158 Å². The van der Waals surface area contributed by atoms with Crippen molar-refractivity contribution in [1.82, 2.24) is 0 Å². The van der Waals surface area contributed by atoms with Crippen LogP contribution >= 0.6 is 11.6 Å². The average Bonchev–Trinajstić information content (AvgIpc) is 2.68. The lowest BCUT2D eigenvalue weighted by atomic mass is 10.1. The van der Waals surface area contributed by atoms with Gasteiger partial charge in [0.15, 0.2) is 0 Å². The van der Waals surface area contributed by atoms with Crippen molar-refractivity contribution in [3.05, 3.63) is 35.9 Å². The molecule has 8 heteroatoms. The number of Topliss-reactive ketones (excluding diaryl/α,β-unsaturated/α-hetero) is 1. The Balaban J connectivity index is 1.87. The Morgan fingerprint density at radius 2 is 1.15 bits per heavy atom. The number of rotatable bonds is 16. The molecule has 0 saturated heterocycles. The van der Waals surface area contributed by atoms with Gasteiger partial charge in [-0.1, -0.05) is 30.3 Å². The first-order valence-electron chi connectivity index (χ1n) is 8.39. The normalized spacial score (nSPS) is 10.7. The molecule has 0 amide bonds. The topological polar surface area (TPSA) is 80.3 Å². The van der Waals surface area contributed by atoms with E-state index in [1.807, 2.05) is 0 Å². The molecule has 0 heterocycles. The van der Waals surface area contributed by atoms with Crippen LogP contribution in [0, 0.1) is 0 Å². The van der Waals surface area contributed by atoms with Gasteiger partial charge in [0.2, 0.25) is 0 Å². The van der Waals surface area contributed by atoms with Gasteiger partial charge in [0.05, 0.1) is 52.9 Å². The summed E-state index contributed by atoms with van der Waals surface area (Å²) in [5.74, 6) is -1.07. The van der Waals surface area contributed by atoms with E-state index in [2.05, 4.69) is 0 Å². The summed E-state index contributed by atoms with van der Waals surface area (Å²) in [6, 6.07) is 8.26. The van der Waals surface area contributed by atoms with Gasteiger partial charge in [0.1, 0.15) is 6.61 Å². The minimum Gasteiger partial charge on any atom is -0.457 e. The van der Waals surface area contributed by atoms with E-state index in [1.54, 1.807) is 30.3 Å². The third kappa shape index (κ3) is 11.2. The second-order valence-corrected chi connectivity index (χ2v) is 5.35. The summed E-state index contributed by atoms with van der Waals surface area (Å²) in [5, 5.41) is 0. The van der Waals surface area contributed by atoms with Crippen molar-refractivity contribution in [2.24, 2.45) is 0 Å². The van der Waals surface area contributed by atoms with Crippen LogP contribution in [0.25, 0.3) is 0 Å². The largest absolute Gasteiger partial charge is 0.457 e. The Bertz CT molecular complexity index is 496. The van der Waals surface area contributed by atoms with E-state index in [4.69, 9.17) is 35.3 Å². The maximum absolute atomic E-state index is 11.7. The SMILES string of the molecule is O=C(OCCOCCOCCOCCOCCCl)C(=O)c1ccccc1. The second-order valence-electron chi connectivity index (χ2n) is 4.97. The molecule has 0 radical (unpaired) electrons. The number of alkyl halides is 1. The Kier molecular flexibility index (Phi) is 13.6. The van der Waals surface area contributed by atoms with Crippen LogP contribution < -0.4 is 0 Å². The maximum Gasteiger partial charge on any atom is 0.379 e. The lowest BCUT2D eigenvalue weighted by Crippen LogP contribution is -2.20. The van der Waals surface area contributed by atoms with Gasteiger partial charge in [-0.2, -0.15) is 0 Å². The standard InChI is InChI=1S/C18H25ClO7/c19-6-7-22-8-9-23-10-11-24-12-13-25-14-15-26-18(21)17(20)16-4-2-1-3-5-16/h1-5H,6-15H2. The average molecular weight is 389 g/mol. The number of ketones is 1. The van der Waals surface area contributed by atoms with Crippen LogP contribution in [0.4, 0.5) is 0 Å². The lowest BCUT2D eigenvalue weighted by Gasteiger charge is -2.07. The fourth-order valence-corrected chi connectivity index (χ4v) is 1.89. The molecular formula is C18H25ClO7. The van der Waals surface area contributed by atoms with Crippen molar-refractivity contribution in [2.45, 2.75) is 0 Å². The zero-order chi connectivity index (χ0) is 18.9.